The van der Waals surface area contributed by atoms with Crippen molar-refractivity contribution in [3.8, 4) is 11.8 Å². The van der Waals surface area contributed by atoms with E-state index in [9.17, 15) is 14.1 Å². The van der Waals surface area contributed by atoms with Crippen LogP contribution in [-0.2, 0) is 31.8 Å². The number of methoxy groups -OCH3 is 1. The molecule has 0 aromatic heterocycles. The van der Waals surface area contributed by atoms with Gasteiger partial charge in [0, 0.05) is 30.8 Å². The molecule has 0 bridgehead atoms. The van der Waals surface area contributed by atoms with Crippen LogP contribution in [0.3, 0.4) is 0 Å². The molecule has 1 heterocycles. The molecule has 1 aliphatic rings. The fourth-order valence-electron chi connectivity index (χ4n) is 3.17. The molecule has 0 amide bonds. The highest BCUT2D eigenvalue weighted by atomic mass is 32.2. The molecule has 1 fully saturated rings. The van der Waals surface area contributed by atoms with Gasteiger partial charge in [0.2, 0.25) is 0 Å². The van der Waals surface area contributed by atoms with Crippen LogP contribution >= 0.6 is 0 Å². The van der Waals surface area contributed by atoms with Crippen LogP contribution in [0.4, 0.5) is 0 Å². The number of hydrogen-bond acceptors (Lipinski definition) is 6. The molecule has 0 spiro atoms. The van der Waals surface area contributed by atoms with Gasteiger partial charge in [-0.2, -0.15) is 0 Å². The van der Waals surface area contributed by atoms with Crippen molar-refractivity contribution in [1.82, 2.24) is 9.62 Å². The molecule has 7 nitrogen and oxygen atoms in total. The number of benzene rings is 2. The maximum atomic E-state index is 12.5. The summed E-state index contributed by atoms with van der Waals surface area (Å²) >= 11 is 0. The van der Waals surface area contributed by atoms with Crippen LogP contribution in [0.25, 0.3) is 0 Å². The molecule has 0 aliphatic carbocycles. The first-order valence-corrected chi connectivity index (χ1v) is 11.6. The maximum Gasteiger partial charge on any atom is 0.326 e. The second-order valence-electron chi connectivity index (χ2n) is 7.49. The van der Waals surface area contributed by atoms with Gasteiger partial charge in [-0.05, 0) is 48.9 Å². The number of carbonyl (C=O) groups is 1. The topological polar surface area (TPSA) is 88.1 Å². The highest BCUT2D eigenvalue weighted by Gasteiger charge is 2.26. The monoisotopic (exact) mass is 456 g/mol. The molecule has 1 saturated heterocycles. The Morgan fingerprint density at radius 3 is 2.22 bits per heavy atom. The van der Waals surface area contributed by atoms with Crippen molar-refractivity contribution in [2.75, 3.05) is 33.4 Å². The zero-order chi connectivity index (χ0) is 22.9. The summed E-state index contributed by atoms with van der Waals surface area (Å²) in [6.45, 7) is 5.84. The Bertz CT molecular complexity index is 974. The Hall–Kier alpha value is -2.54. The summed E-state index contributed by atoms with van der Waals surface area (Å²) in [7, 11) is -0.466. The number of rotatable bonds is 7. The third-order valence-electron chi connectivity index (χ3n) is 5.05. The van der Waals surface area contributed by atoms with Crippen LogP contribution in [0, 0.1) is 11.8 Å². The highest BCUT2D eigenvalue weighted by molar-refractivity contribution is 7.83. The van der Waals surface area contributed by atoms with Gasteiger partial charge in [0.15, 0.2) is 0 Å². The number of nitrogens with one attached hydrogen (secondary N) is 1. The zero-order valence-corrected chi connectivity index (χ0v) is 19.1. The predicted molar refractivity (Wildman–Crippen MR) is 122 cm³/mol. The van der Waals surface area contributed by atoms with E-state index >= 15 is 0 Å². The molecule has 170 valence electrons. The molecule has 1 unspecified atom stereocenters. The summed E-state index contributed by atoms with van der Waals surface area (Å²) in [5.41, 5.74) is 2.95. The summed E-state index contributed by atoms with van der Waals surface area (Å²) in [6, 6.07) is 14.0. The lowest BCUT2D eigenvalue weighted by atomic mass is 10.1. The molecular weight excluding hydrogens is 428 g/mol. The van der Waals surface area contributed by atoms with Crippen molar-refractivity contribution in [1.29, 1.82) is 0 Å². The van der Waals surface area contributed by atoms with Crippen LogP contribution in [0.15, 0.2) is 53.4 Å². The van der Waals surface area contributed by atoms with Crippen LogP contribution in [0.5, 0.6) is 0 Å². The minimum atomic E-state index is -1.68. The van der Waals surface area contributed by atoms with E-state index in [4.69, 9.17) is 4.74 Å². The van der Waals surface area contributed by atoms with Gasteiger partial charge in [-0.15, -0.1) is 0 Å². The molecule has 3 rings (SSSR count). The first-order valence-electron chi connectivity index (χ1n) is 10.4. The van der Waals surface area contributed by atoms with Crippen molar-refractivity contribution in [3.63, 3.8) is 0 Å². The smallest absolute Gasteiger partial charge is 0.326 e. The number of carbonyl (C=O) groups excluding carboxylic acids is 1. The predicted octanol–water partition coefficient (Wildman–Crippen LogP) is 1.45. The minimum Gasteiger partial charge on any atom is -0.468 e. The molecule has 0 saturated carbocycles. The van der Waals surface area contributed by atoms with Crippen LogP contribution in [0.2, 0.25) is 0 Å². The Balaban J connectivity index is 1.58. The molecule has 0 radical (unpaired) electrons. The van der Waals surface area contributed by atoms with Crippen molar-refractivity contribution in [2.24, 2.45) is 0 Å². The fraction of sp³-hybridized carbons (Fsp3) is 0.375. The van der Waals surface area contributed by atoms with Gasteiger partial charge < -0.3 is 14.6 Å². The summed E-state index contributed by atoms with van der Waals surface area (Å²) in [5.74, 6) is 5.57. The Labute approximate surface area is 191 Å². The van der Waals surface area contributed by atoms with E-state index in [0.717, 1.165) is 44.0 Å². The van der Waals surface area contributed by atoms with E-state index in [1.807, 2.05) is 12.1 Å². The van der Waals surface area contributed by atoms with Gasteiger partial charge in [0.1, 0.15) is 17.0 Å². The summed E-state index contributed by atoms with van der Waals surface area (Å²) < 4.78 is 25.1. The summed E-state index contributed by atoms with van der Waals surface area (Å²) in [5, 5.41) is 9.71. The third kappa shape index (κ3) is 6.99. The van der Waals surface area contributed by atoms with Crippen molar-refractivity contribution in [2.45, 2.75) is 30.5 Å². The van der Waals surface area contributed by atoms with Crippen LogP contribution in [-0.4, -0.2) is 65.7 Å². The fourth-order valence-corrected chi connectivity index (χ4v) is 4.21. The van der Waals surface area contributed by atoms with Gasteiger partial charge in [0.05, 0.1) is 31.3 Å². The Morgan fingerprint density at radius 1 is 1.12 bits per heavy atom. The highest BCUT2D eigenvalue weighted by Crippen LogP contribution is 2.11. The standard InChI is InChI=1S/C24H28N2O5S/c1-18(27)23(24(28)30-2)25-32(29)22-11-9-20(10-12-22)4-3-19-5-7-21(8-6-19)17-26-13-15-31-16-14-26/h5-12,18,23,25,27H,13-17H2,1-2H3/t18-,23+,32?/m1/s1. The van der Waals surface area contributed by atoms with E-state index < -0.39 is 29.1 Å². The van der Waals surface area contributed by atoms with Gasteiger partial charge >= 0.3 is 5.97 Å². The molecule has 2 aromatic rings. The Kier molecular flexibility index (Phi) is 8.97. The quantitative estimate of drug-likeness (QED) is 0.485. The molecule has 2 N–H and O–H groups in total. The molecule has 2 aromatic carbocycles. The summed E-state index contributed by atoms with van der Waals surface area (Å²) in [4.78, 5) is 14.6. The second kappa shape index (κ2) is 11.9. The van der Waals surface area contributed by atoms with Gasteiger partial charge in [-0.25, -0.2) is 8.93 Å². The van der Waals surface area contributed by atoms with E-state index in [0.29, 0.717) is 4.90 Å². The third-order valence-corrected chi connectivity index (χ3v) is 6.22. The second-order valence-corrected chi connectivity index (χ2v) is 8.73. The molecule has 8 heteroatoms. The average molecular weight is 457 g/mol. The lowest BCUT2D eigenvalue weighted by Crippen LogP contribution is -2.46. The van der Waals surface area contributed by atoms with E-state index in [1.165, 1.54) is 19.6 Å². The number of aliphatic hydroxyl groups is 1. The molecular formula is C24H28N2O5S. The van der Waals surface area contributed by atoms with Crippen molar-refractivity contribution in [3.05, 3.63) is 65.2 Å². The number of aliphatic hydroxyl groups excluding tert-OH is 1. The molecule has 32 heavy (non-hydrogen) atoms. The first-order chi connectivity index (χ1) is 15.5. The van der Waals surface area contributed by atoms with Gasteiger partial charge in [-0.3, -0.25) is 9.69 Å². The van der Waals surface area contributed by atoms with Gasteiger partial charge in [0.25, 0.3) is 0 Å². The number of morpholine rings is 1. The maximum absolute atomic E-state index is 12.5. The van der Waals surface area contributed by atoms with Crippen molar-refractivity contribution < 1.29 is 23.6 Å². The minimum absolute atomic E-state index is 0.470. The summed E-state index contributed by atoms with van der Waals surface area (Å²) in [6.07, 6.45) is -1.04. The SMILES string of the molecule is COC(=O)[C@@H](NS(=O)c1ccc(C#Cc2ccc(CN3CCOCC3)cc2)cc1)[C@@H](C)O. The first kappa shape index (κ1) is 24.1. The Morgan fingerprint density at radius 2 is 1.69 bits per heavy atom. The number of esters is 1. The molecule has 3 atom stereocenters. The number of nitrogens with zero attached hydrogens (tertiary/aromatic N) is 1. The van der Waals surface area contributed by atoms with Gasteiger partial charge in [-0.1, -0.05) is 24.0 Å². The van der Waals surface area contributed by atoms with E-state index in [-0.39, 0.29) is 0 Å². The van der Waals surface area contributed by atoms with E-state index in [1.54, 1.807) is 24.3 Å². The van der Waals surface area contributed by atoms with Crippen LogP contribution < -0.4 is 4.72 Å². The van der Waals surface area contributed by atoms with Crippen molar-refractivity contribution >= 4 is 17.0 Å². The zero-order valence-electron chi connectivity index (χ0n) is 18.2. The van der Waals surface area contributed by atoms with E-state index in [2.05, 4.69) is 38.3 Å². The molecule has 1 aliphatic heterocycles. The number of hydrogen-bond donors (Lipinski definition) is 2. The normalized spacial score (nSPS) is 17.0. The lowest BCUT2D eigenvalue weighted by molar-refractivity contribution is -0.145. The lowest BCUT2D eigenvalue weighted by Gasteiger charge is -2.26. The van der Waals surface area contributed by atoms with Crippen LogP contribution in [0.1, 0.15) is 23.6 Å². The number of ether oxygens (including phenoxy) is 2. The average Bonchev–Trinajstić information content (AvgIpc) is 2.82. The largest absolute Gasteiger partial charge is 0.468 e.